The molecule has 0 bridgehead atoms. The van der Waals surface area contributed by atoms with Crippen molar-refractivity contribution in [3.63, 3.8) is 0 Å². The van der Waals surface area contributed by atoms with Crippen molar-refractivity contribution in [3.05, 3.63) is 35.8 Å². The summed E-state index contributed by atoms with van der Waals surface area (Å²) in [6.45, 7) is 4.55. The van der Waals surface area contributed by atoms with Crippen molar-refractivity contribution in [2.45, 2.75) is 6.92 Å². The monoisotopic (exact) mass is 358 g/mol. The van der Waals surface area contributed by atoms with Gasteiger partial charge in [0, 0.05) is 25.2 Å². The summed E-state index contributed by atoms with van der Waals surface area (Å²) in [5, 5.41) is 2.83. The molecule has 1 amide bonds. The van der Waals surface area contributed by atoms with Crippen molar-refractivity contribution in [1.29, 1.82) is 0 Å². The summed E-state index contributed by atoms with van der Waals surface area (Å²) in [5.41, 5.74) is 0.847. The molecule has 1 N–H and O–H groups in total. The first-order chi connectivity index (χ1) is 12.6. The Balaban J connectivity index is 1.82. The standard InChI is InChI=1S/C18H22N4O4/c1-12-19-15(11-17(20-12)22-6-8-26-9-7-22)18(23)21-14-5-4-13(24-2)10-16(14)25-3/h4-5,10-11H,6-9H2,1-3H3,(H,21,23). The molecule has 1 fully saturated rings. The summed E-state index contributed by atoms with van der Waals surface area (Å²) >= 11 is 0. The van der Waals surface area contributed by atoms with Crippen LogP contribution in [0.4, 0.5) is 11.5 Å². The molecule has 2 aromatic rings. The molecule has 8 heteroatoms. The Hall–Kier alpha value is -2.87. The Morgan fingerprint density at radius 1 is 1.15 bits per heavy atom. The van der Waals surface area contributed by atoms with Crippen LogP contribution in [-0.2, 0) is 4.74 Å². The van der Waals surface area contributed by atoms with Crippen molar-refractivity contribution in [2.75, 3.05) is 50.7 Å². The van der Waals surface area contributed by atoms with Crippen molar-refractivity contribution in [1.82, 2.24) is 9.97 Å². The Kier molecular flexibility index (Phi) is 5.52. The molecule has 1 aliphatic heterocycles. The van der Waals surface area contributed by atoms with E-state index in [0.717, 1.165) is 18.9 Å². The second-order valence-electron chi connectivity index (χ2n) is 5.78. The molecule has 0 spiro atoms. The summed E-state index contributed by atoms with van der Waals surface area (Å²) in [6, 6.07) is 6.89. The highest BCUT2D eigenvalue weighted by Gasteiger charge is 2.18. The molecule has 26 heavy (non-hydrogen) atoms. The number of hydrogen-bond donors (Lipinski definition) is 1. The smallest absolute Gasteiger partial charge is 0.274 e. The second-order valence-corrected chi connectivity index (χ2v) is 5.78. The number of hydrogen-bond acceptors (Lipinski definition) is 7. The maximum atomic E-state index is 12.7. The number of nitrogens with one attached hydrogen (secondary N) is 1. The zero-order chi connectivity index (χ0) is 18.5. The lowest BCUT2D eigenvalue weighted by molar-refractivity contribution is 0.102. The maximum absolute atomic E-state index is 12.7. The molecule has 1 aromatic heterocycles. The Labute approximate surface area is 152 Å². The number of ether oxygens (including phenoxy) is 3. The largest absolute Gasteiger partial charge is 0.497 e. The molecule has 2 heterocycles. The molecular weight excluding hydrogens is 336 g/mol. The topological polar surface area (TPSA) is 85.8 Å². The molecule has 0 atom stereocenters. The van der Waals surface area contributed by atoms with Crippen LogP contribution in [0.25, 0.3) is 0 Å². The summed E-state index contributed by atoms with van der Waals surface area (Å²) in [5.74, 6) is 2.10. The number of benzene rings is 1. The van der Waals surface area contributed by atoms with Crippen molar-refractivity contribution in [3.8, 4) is 11.5 Å². The number of rotatable bonds is 5. The van der Waals surface area contributed by atoms with Gasteiger partial charge in [-0.3, -0.25) is 4.79 Å². The zero-order valence-electron chi connectivity index (χ0n) is 15.1. The van der Waals surface area contributed by atoms with Gasteiger partial charge < -0.3 is 24.4 Å². The minimum absolute atomic E-state index is 0.303. The molecule has 138 valence electrons. The van der Waals surface area contributed by atoms with Gasteiger partial charge in [0.1, 0.15) is 28.8 Å². The number of carbonyl (C=O) groups excluding carboxylic acids is 1. The maximum Gasteiger partial charge on any atom is 0.274 e. The van der Waals surface area contributed by atoms with E-state index < -0.39 is 0 Å². The average Bonchev–Trinajstić information content (AvgIpc) is 2.68. The third-order valence-electron chi connectivity index (χ3n) is 4.05. The molecular formula is C18H22N4O4. The van der Waals surface area contributed by atoms with Crippen LogP contribution in [0.15, 0.2) is 24.3 Å². The molecule has 8 nitrogen and oxygen atoms in total. The zero-order valence-corrected chi connectivity index (χ0v) is 15.1. The third kappa shape index (κ3) is 4.02. The quantitative estimate of drug-likeness (QED) is 0.873. The van der Waals surface area contributed by atoms with E-state index in [1.54, 1.807) is 38.3 Å². The van der Waals surface area contributed by atoms with E-state index in [4.69, 9.17) is 14.2 Å². The van der Waals surface area contributed by atoms with Crippen LogP contribution in [0.1, 0.15) is 16.3 Å². The van der Waals surface area contributed by atoms with Crippen LogP contribution >= 0.6 is 0 Å². The lowest BCUT2D eigenvalue weighted by Crippen LogP contribution is -2.37. The molecule has 0 radical (unpaired) electrons. The SMILES string of the molecule is COc1ccc(NC(=O)c2cc(N3CCOCC3)nc(C)n2)c(OC)c1. The van der Waals surface area contributed by atoms with E-state index in [2.05, 4.69) is 20.2 Å². The van der Waals surface area contributed by atoms with E-state index in [1.165, 1.54) is 7.11 Å². The summed E-state index contributed by atoms with van der Waals surface area (Å²) < 4.78 is 15.9. The minimum atomic E-state index is -0.325. The first-order valence-electron chi connectivity index (χ1n) is 8.32. The molecule has 0 unspecified atom stereocenters. The number of morpholine rings is 1. The van der Waals surface area contributed by atoms with Gasteiger partial charge in [0.05, 0.1) is 33.1 Å². The number of aryl methyl sites for hydroxylation is 1. The van der Waals surface area contributed by atoms with Gasteiger partial charge in [0.2, 0.25) is 0 Å². The van der Waals surface area contributed by atoms with Gasteiger partial charge in [-0.25, -0.2) is 9.97 Å². The third-order valence-corrected chi connectivity index (χ3v) is 4.05. The molecule has 0 aliphatic carbocycles. The number of amides is 1. The molecule has 3 rings (SSSR count). The molecule has 1 aliphatic rings. The van der Waals surface area contributed by atoms with Crippen LogP contribution in [0.5, 0.6) is 11.5 Å². The molecule has 1 saturated heterocycles. The lowest BCUT2D eigenvalue weighted by Gasteiger charge is -2.28. The first-order valence-corrected chi connectivity index (χ1v) is 8.32. The average molecular weight is 358 g/mol. The lowest BCUT2D eigenvalue weighted by atomic mass is 10.2. The highest BCUT2D eigenvalue weighted by atomic mass is 16.5. The van der Waals surface area contributed by atoms with E-state index in [-0.39, 0.29) is 5.91 Å². The van der Waals surface area contributed by atoms with Crippen LogP contribution in [0.2, 0.25) is 0 Å². The Morgan fingerprint density at radius 2 is 1.92 bits per heavy atom. The normalized spacial score (nSPS) is 14.0. The van der Waals surface area contributed by atoms with Crippen LogP contribution in [-0.4, -0.2) is 56.4 Å². The number of nitrogens with zero attached hydrogens (tertiary/aromatic N) is 3. The number of aromatic nitrogens is 2. The van der Waals surface area contributed by atoms with Crippen molar-refractivity contribution < 1.29 is 19.0 Å². The predicted molar refractivity (Wildman–Crippen MR) is 97.3 cm³/mol. The van der Waals surface area contributed by atoms with Gasteiger partial charge in [-0.05, 0) is 19.1 Å². The van der Waals surface area contributed by atoms with Gasteiger partial charge in [0.15, 0.2) is 0 Å². The first kappa shape index (κ1) is 17.9. The highest BCUT2D eigenvalue weighted by molar-refractivity contribution is 6.04. The highest BCUT2D eigenvalue weighted by Crippen LogP contribution is 2.29. The number of methoxy groups -OCH3 is 2. The van der Waals surface area contributed by atoms with Gasteiger partial charge in [0.25, 0.3) is 5.91 Å². The van der Waals surface area contributed by atoms with Gasteiger partial charge in [-0.1, -0.05) is 0 Å². The van der Waals surface area contributed by atoms with Gasteiger partial charge in [-0.2, -0.15) is 0 Å². The Morgan fingerprint density at radius 3 is 2.62 bits per heavy atom. The van der Waals surface area contributed by atoms with Crippen molar-refractivity contribution in [2.24, 2.45) is 0 Å². The van der Waals surface area contributed by atoms with Crippen LogP contribution < -0.4 is 19.7 Å². The van der Waals surface area contributed by atoms with E-state index >= 15 is 0 Å². The fourth-order valence-corrected chi connectivity index (χ4v) is 2.71. The summed E-state index contributed by atoms with van der Waals surface area (Å²) in [4.78, 5) is 23.5. The van der Waals surface area contributed by atoms with Crippen LogP contribution in [0.3, 0.4) is 0 Å². The molecule has 1 aromatic carbocycles. The van der Waals surface area contributed by atoms with Crippen molar-refractivity contribution >= 4 is 17.4 Å². The van der Waals surface area contributed by atoms with E-state index in [1.807, 2.05) is 0 Å². The number of carbonyl (C=O) groups is 1. The summed E-state index contributed by atoms with van der Waals surface area (Å²) in [7, 11) is 3.11. The summed E-state index contributed by atoms with van der Waals surface area (Å²) in [6.07, 6.45) is 0. The Bertz CT molecular complexity index is 791. The van der Waals surface area contributed by atoms with Gasteiger partial charge >= 0.3 is 0 Å². The number of anilines is 2. The van der Waals surface area contributed by atoms with E-state index in [9.17, 15) is 4.79 Å². The predicted octanol–water partition coefficient (Wildman–Crippen LogP) is 1.89. The van der Waals surface area contributed by atoms with E-state index in [0.29, 0.717) is 41.9 Å². The molecule has 0 saturated carbocycles. The van der Waals surface area contributed by atoms with Gasteiger partial charge in [-0.15, -0.1) is 0 Å². The fourth-order valence-electron chi connectivity index (χ4n) is 2.71. The second kappa shape index (κ2) is 8.01. The van der Waals surface area contributed by atoms with Crippen LogP contribution in [0, 0.1) is 6.92 Å². The minimum Gasteiger partial charge on any atom is -0.497 e. The fraction of sp³-hybridized carbons (Fsp3) is 0.389.